The maximum Gasteiger partial charge on any atom is 0.344 e. The van der Waals surface area contributed by atoms with Crippen molar-refractivity contribution < 1.29 is 23.5 Å². The van der Waals surface area contributed by atoms with Crippen LogP contribution in [-0.4, -0.2) is 30.1 Å². The minimum atomic E-state index is -0.429. The molecule has 1 fully saturated rings. The molecule has 0 spiro atoms. The van der Waals surface area contributed by atoms with Crippen LogP contribution in [0.25, 0.3) is 0 Å². The molecule has 7 heteroatoms. The number of aromatic nitrogens is 1. The molecule has 1 saturated carbocycles. The third-order valence-electron chi connectivity index (χ3n) is 4.39. The lowest BCUT2D eigenvalue weighted by atomic mass is 10.1. The largest absolute Gasteiger partial charge is 0.466 e. The minimum Gasteiger partial charge on any atom is -0.466 e. The number of pyridine rings is 1. The fraction of sp³-hybridized carbons (Fsp3) is 0.350. The second-order valence-electron chi connectivity index (χ2n) is 6.47. The number of ether oxygens (including phenoxy) is 2. The maximum atomic E-state index is 12.9. The quantitative estimate of drug-likeness (QED) is 0.752. The number of anilines is 1. The summed E-state index contributed by atoms with van der Waals surface area (Å²) in [6.07, 6.45) is 5.96. The third-order valence-corrected chi connectivity index (χ3v) is 4.39. The molecule has 1 aromatic heterocycles. The zero-order valence-corrected chi connectivity index (χ0v) is 14.8. The van der Waals surface area contributed by atoms with E-state index in [-0.39, 0.29) is 24.2 Å². The summed E-state index contributed by atoms with van der Waals surface area (Å²) in [5, 5.41) is 2.64. The molecule has 1 amide bonds. The zero-order valence-electron chi connectivity index (χ0n) is 14.8. The van der Waals surface area contributed by atoms with E-state index in [0.29, 0.717) is 23.8 Å². The summed E-state index contributed by atoms with van der Waals surface area (Å²) in [7, 11) is 0. The Labute approximate surface area is 156 Å². The second kappa shape index (κ2) is 9.12. The summed E-state index contributed by atoms with van der Waals surface area (Å²) in [5.74, 6) is -0.492. The Hall–Kier alpha value is -2.96. The van der Waals surface area contributed by atoms with Crippen LogP contribution in [0.5, 0.6) is 5.88 Å². The monoisotopic (exact) mass is 372 g/mol. The van der Waals surface area contributed by atoms with Gasteiger partial charge in [0.15, 0.2) is 6.61 Å². The fourth-order valence-electron chi connectivity index (χ4n) is 2.90. The van der Waals surface area contributed by atoms with E-state index >= 15 is 0 Å². The fourth-order valence-corrected chi connectivity index (χ4v) is 2.90. The van der Waals surface area contributed by atoms with E-state index in [9.17, 15) is 14.0 Å². The first-order chi connectivity index (χ1) is 13.1. The van der Waals surface area contributed by atoms with E-state index in [1.807, 2.05) is 0 Å². The predicted molar refractivity (Wildman–Crippen MR) is 97.0 cm³/mol. The van der Waals surface area contributed by atoms with Gasteiger partial charge in [0.2, 0.25) is 5.88 Å². The molecule has 1 aromatic carbocycles. The molecule has 27 heavy (non-hydrogen) atoms. The summed E-state index contributed by atoms with van der Waals surface area (Å²) < 4.78 is 23.4. The average molecular weight is 372 g/mol. The Bertz CT molecular complexity index is 772. The molecule has 1 aliphatic carbocycles. The molecule has 0 radical (unpaired) electrons. The van der Waals surface area contributed by atoms with Crippen LogP contribution in [-0.2, 0) is 9.53 Å². The number of hydrogen-bond acceptors (Lipinski definition) is 5. The summed E-state index contributed by atoms with van der Waals surface area (Å²) in [4.78, 5) is 27.9. The Morgan fingerprint density at radius 2 is 1.85 bits per heavy atom. The molecular formula is C20H21FN2O4. The van der Waals surface area contributed by atoms with Gasteiger partial charge in [0.25, 0.3) is 5.91 Å². The summed E-state index contributed by atoms with van der Waals surface area (Å²) >= 11 is 0. The normalized spacial score (nSPS) is 14.0. The van der Waals surface area contributed by atoms with Crippen LogP contribution in [0.4, 0.5) is 10.1 Å². The van der Waals surface area contributed by atoms with Crippen LogP contribution in [0.2, 0.25) is 0 Å². The smallest absolute Gasteiger partial charge is 0.344 e. The van der Waals surface area contributed by atoms with Crippen molar-refractivity contribution in [3.63, 3.8) is 0 Å². The Morgan fingerprint density at radius 1 is 1.11 bits per heavy atom. The number of halogens is 1. The summed E-state index contributed by atoms with van der Waals surface area (Å²) in [6.45, 7) is 0.221. The van der Waals surface area contributed by atoms with Crippen LogP contribution in [0.3, 0.4) is 0 Å². The summed E-state index contributed by atoms with van der Waals surface area (Å²) in [5.41, 5.74) is 0.794. The minimum absolute atomic E-state index is 0.221. The van der Waals surface area contributed by atoms with Crippen LogP contribution in [0, 0.1) is 11.7 Å². The number of nitrogens with one attached hydrogen (secondary N) is 1. The van der Waals surface area contributed by atoms with Gasteiger partial charge in [-0.25, -0.2) is 14.2 Å². The van der Waals surface area contributed by atoms with Crippen molar-refractivity contribution >= 4 is 17.6 Å². The van der Waals surface area contributed by atoms with Crippen molar-refractivity contribution in [1.82, 2.24) is 4.98 Å². The van der Waals surface area contributed by atoms with Crippen molar-refractivity contribution in [2.45, 2.75) is 25.7 Å². The molecule has 1 aliphatic rings. The molecule has 0 unspecified atom stereocenters. The van der Waals surface area contributed by atoms with Gasteiger partial charge in [0, 0.05) is 18.0 Å². The van der Waals surface area contributed by atoms with Crippen molar-refractivity contribution in [2.24, 2.45) is 5.92 Å². The van der Waals surface area contributed by atoms with Gasteiger partial charge in [-0.3, -0.25) is 4.79 Å². The van der Waals surface area contributed by atoms with Gasteiger partial charge in [-0.15, -0.1) is 0 Å². The zero-order chi connectivity index (χ0) is 19.1. The van der Waals surface area contributed by atoms with Crippen LogP contribution in [0.15, 0.2) is 42.6 Å². The van der Waals surface area contributed by atoms with Crippen LogP contribution < -0.4 is 10.1 Å². The van der Waals surface area contributed by atoms with Gasteiger partial charge in [-0.2, -0.15) is 0 Å². The van der Waals surface area contributed by atoms with Gasteiger partial charge >= 0.3 is 5.97 Å². The van der Waals surface area contributed by atoms with Crippen LogP contribution in [0.1, 0.15) is 36.0 Å². The number of amides is 1. The van der Waals surface area contributed by atoms with Gasteiger partial charge in [0.05, 0.1) is 12.2 Å². The highest BCUT2D eigenvalue weighted by atomic mass is 19.1. The Morgan fingerprint density at radius 3 is 2.52 bits per heavy atom. The molecule has 6 nitrogen and oxygen atoms in total. The molecule has 0 atom stereocenters. The SMILES string of the molecule is O=C(COc1ccc(C(=O)Nc2ccc(F)cc2)cn1)OCC1CCCC1. The van der Waals surface area contributed by atoms with Gasteiger partial charge < -0.3 is 14.8 Å². The van der Waals surface area contributed by atoms with Gasteiger partial charge in [0.1, 0.15) is 5.82 Å². The number of carbonyl (C=O) groups is 2. The first kappa shape index (κ1) is 18.8. The number of hydrogen-bond donors (Lipinski definition) is 1. The average Bonchev–Trinajstić information content (AvgIpc) is 3.20. The third kappa shape index (κ3) is 5.77. The second-order valence-corrected chi connectivity index (χ2v) is 6.47. The highest BCUT2D eigenvalue weighted by Gasteiger charge is 2.17. The topological polar surface area (TPSA) is 77.5 Å². The number of benzene rings is 1. The molecule has 0 bridgehead atoms. The van der Waals surface area contributed by atoms with E-state index in [2.05, 4.69) is 10.3 Å². The molecule has 0 aliphatic heterocycles. The Kier molecular flexibility index (Phi) is 6.35. The van der Waals surface area contributed by atoms with Gasteiger partial charge in [-0.05, 0) is 49.1 Å². The van der Waals surface area contributed by atoms with E-state index < -0.39 is 5.97 Å². The maximum absolute atomic E-state index is 12.9. The Balaban J connectivity index is 1.44. The van der Waals surface area contributed by atoms with E-state index in [0.717, 1.165) is 12.8 Å². The molecular weight excluding hydrogens is 351 g/mol. The lowest BCUT2D eigenvalue weighted by molar-refractivity contribution is -0.147. The molecule has 0 saturated heterocycles. The molecule has 3 rings (SSSR count). The van der Waals surface area contributed by atoms with Crippen molar-refractivity contribution in [3.05, 3.63) is 54.0 Å². The number of nitrogens with zero attached hydrogens (tertiary/aromatic N) is 1. The van der Waals surface area contributed by atoms with Gasteiger partial charge in [-0.1, -0.05) is 12.8 Å². The van der Waals surface area contributed by atoms with E-state index in [1.54, 1.807) is 0 Å². The molecule has 142 valence electrons. The highest BCUT2D eigenvalue weighted by molar-refractivity contribution is 6.04. The van der Waals surface area contributed by atoms with Crippen molar-refractivity contribution in [1.29, 1.82) is 0 Å². The highest BCUT2D eigenvalue weighted by Crippen LogP contribution is 2.24. The van der Waals surface area contributed by atoms with E-state index in [1.165, 1.54) is 55.4 Å². The number of rotatable bonds is 7. The standard InChI is InChI=1S/C20H21FN2O4/c21-16-6-8-17(9-7-16)23-20(25)15-5-10-18(22-11-15)26-13-19(24)27-12-14-3-1-2-4-14/h5-11,14H,1-4,12-13H2,(H,23,25). The lowest BCUT2D eigenvalue weighted by Gasteiger charge is -2.10. The lowest BCUT2D eigenvalue weighted by Crippen LogP contribution is -2.18. The number of carbonyl (C=O) groups excluding carboxylic acids is 2. The molecule has 1 N–H and O–H groups in total. The van der Waals surface area contributed by atoms with E-state index in [4.69, 9.17) is 9.47 Å². The van der Waals surface area contributed by atoms with Crippen LogP contribution >= 0.6 is 0 Å². The number of esters is 1. The van der Waals surface area contributed by atoms with Crippen molar-refractivity contribution in [3.8, 4) is 5.88 Å². The molecule has 1 heterocycles. The molecule has 2 aromatic rings. The van der Waals surface area contributed by atoms with Crippen molar-refractivity contribution in [2.75, 3.05) is 18.5 Å². The predicted octanol–water partition coefficient (Wildman–Crippen LogP) is 3.59. The first-order valence-corrected chi connectivity index (χ1v) is 8.91. The summed E-state index contributed by atoms with van der Waals surface area (Å²) in [6, 6.07) is 8.49. The first-order valence-electron chi connectivity index (χ1n) is 8.91.